The van der Waals surface area contributed by atoms with Crippen LogP contribution in [0.4, 0.5) is 0 Å². The Bertz CT molecular complexity index is 1200. The Balaban J connectivity index is 1.01. The highest BCUT2D eigenvalue weighted by Crippen LogP contribution is 2.89. The lowest BCUT2D eigenvalue weighted by atomic mass is 9.41. The van der Waals surface area contributed by atoms with Crippen molar-refractivity contribution in [2.45, 2.75) is 161 Å². The molecule has 0 aromatic carbocycles. The molecule has 5 saturated carbocycles. The number of aliphatic hydroxyl groups is 3. The van der Waals surface area contributed by atoms with Gasteiger partial charge in [-0.15, -0.1) is 0 Å². The van der Waals surface area contributed by atoms with Crippen LogP contribution in [0.3, 0.4) is 0 Å². The van der Waals surface area contributed by atoms with Crippen molar-refractivity contribution in [1.82, 2.24) is 4.90 Å². The largest absolute Gasteiger partial charge is 0.390 e. The summed E-state index contributed by atoms with van der Waals surface area (Å²) in [6.07, 6.45) is 9.05. The van der Waals surface area contributed by atoms with Crippen LogP contribution in [0.1, 0.15) is 113 Å². The van der Waals surface area contributed by atoms with E-state index in [4.69, 9.17) is 18.9 Å². The van der Waals surface area contributed by atoms with Crippen molar-refractivity contribution >= 4 is 0 Å². The molecule has 47 heavy (non-hydrogen) atoms. The molecule has 3 N–H and O–H groups in total. The fraction of sp³-hybridized carbons (Fsp3) is 1.00. The van der Waals surface area contributed by atoms with E-state index in [9.17, 15) is 15.3 Å². The van der Waals surface area contributed by atoms with Gasteiger partial charge < -0.3 is 34.3 Å². The van der Waals surface area contributed by atoms with Gasteiger partial charge in [0, 0.05) is 37.8 Å². The number of ether oxygens (including phenoxy) is 4. The summed E-state index contributed by atoms with van der Waals surface area (Å²) in [6.45, 7) is 19.8. The van der Waals surface area contributed by atoms with Crippen molar-refractivity contribution < 1.29 is 34.3 Å². The molecule has 8 nitrogen and oxygen atoms in total. The number of aliphatic hydroxyl groups excluding tert-OH is 2. The summed E-state index contributed by atoms with van der Waals surface area (Å²) in [5, 5.41) is 34.2. The molecule has 3 aliphatic heterocycles. The van der Waals surface area contributed by atoms with E-state index in [1.165, 1.54) is 25.7 Å². The van der Waals surface area contributed by atoms with Gasteiger partial charge >= 0.3 is 0 Å². The Morgan fingerprint density at radius 1 is 0.915 bits per heavy atom. The summed E-state index contributed by atoms with van der Waals surface area (Å²) < 4.78 is 25.6. The minimum atomic E-state index is -1.24. The summed E-state index contributed by atoms with van der Waals surface area (Å²) in [7, 11) is 0. The van der Waals surface area contributed by atoms with E-state index in [2.05, 4.69) is 39.5 Å². The molecule has 2 spiro atoms. The first-order chi connectivity index (χ1) is 22.1. The molecule has 5 aliphatic carbocycles. The Morgan fingerprint density at radius 3 is 2.34 bits per heavy atom. The van der Waals surface area contributed by atoms with E-state index in [0.717, 1.165) is 71.4 Å². The van der Waals surface area contributed by atoms with Crippen LogP contribution in [0, 0.1) is 50.7 Å². The predicted molar refractivity (Wildman–Crippen MR) is 178 cm³/mol. The van der Waals surface area contributed by atoms with Gasteiger partial charge in [-0.3, -0.25) is 4.90 Å². The van der Waals surface area contributed by atoms with Crippen molar-refractivity contribution in [1.29, 1.82) is 0 Å². The predicted octanol–water partition coefficient (Wildman–Crippen LogP) is 5.15. The Kier molecular flexibility index (Phi) is 7.98. The molecule has 3 saturated heterocycles. The van der Waals surface area contributed by atoms with Crippen LogP contribution in [0.5, 0.6) is 0 Å². The van der Waals surface area contributed by atoms with Crippen LogP contribution in [0.15, 0.2) is 0 Å². The summed E-state index contributed by atoms with van der Waals surface area (Å²) in [6, 6.07) is 0.585. The quantitative estimate of drug-likeness (QED) is 0.373. The van der Waals surface area contributed by atoms with E-state index in [-0.39, 0.29) is 46.1 Å². The molecule has 8 aliphatic rings. The van der Waals surface area contributed by atoms with Crippen molar-refractivity contribution in [2.24, 2.45) is 50.7 Å². The SMILES string of the molecule is C[C@@H]1CC([C@H](O)C(C)(C)O)OC2[C@H]1[C@@]1(C)CC[C@@]34C[C@@]35CCC(O[C@H]3CN(C6CCOCC6)CCO3)C(C)(C)[C@@H]5CCC4[C@]1(C)[C@H]2O. The molecule has 8 heteroatoms. The van der Waals surface area contributed by atoms with Crippen LogP contribution in [-0.2, 0) is 18.9 Å². The maximum Gasteiger partial charge on any atom is 0.170 e. The van der Waals surface area contributed by atoms with Crippen LogP contribution in [0.2, 0.25) is 0 Å². The summed E-state index contributed by atoms with van der Waals surface area (Å²) >= 11 is 0. The highest BCUT2D eigenvalue weighted by atomic mass is 16.7. The lowest BCUT2D eigenvalue weighted by Crippen LogP contribution is -2.60. The van der Waals surface area contributed by atoms with Gasteiger partial charge in [0.15, 0.2) is 6.29 Å². The lowest BCUT2D eigenvalue weighted by molar-refractivity contribution is -0.252. The van der Waals surface area contributed by atoms with Crippen molar-refractivity contribution in [3.05, 3.63) is 0 Å². The number of fused-ring (bicyclic) bond motifs is 4. The van der Waals surface area contributed by atoms with Gasteiger partial charge in [-0.1, -0.05) is 34.6 Å². The number of hydrogen-bond acceptors (Lipinski definition) is 8. The summed E-state index contributed by atoms with van der Waals surface area (Å²) in [4.78, 5) is 2.59. The van der Waals surface area contributed by atoms with Crippen molar-refractivity contribution in [3.63, 3.8) is 0 Å². The second-order valence-electron chi connectivity index (χ2n) is 19.4. The highest BCUT2D eigenvalue weighted by molar-refractivity contribution is 5.33. The topological polar surface area (TPSA) is 101 Å². The molecule has 8 fully saturated rings. The third kappa shape index (κ3) is 4.60. The number of morpholine rings is 1. The van der Waals surface area contributed by atoms with Gasteiger partial charge in [0.25, 0.3) is 0 Å². The Morgan fingerprint density at radius 2 is 1.62 bits per heavy atom. The molecule has 8 rings (SSSR count). The van der Waals surface area contributed by atoms with Crippen LogP contribution in [-0.4, -0.2) is 102 Å². The summed E-state index contributed by atoms with van der Waals surface area (Å²) in [5.41, 5.74) is -0.800. The van der Waals surface area contributed by atoms with Crippen molar-refractivity contribution in [3.8, 4) is 0 Å². The first kappa shape index (κ1) is 33.8. The first-order valence-corrected chi connectivity index (χ1v) is 19.4. The van der Waals surface area contributed by atoms with Gasteiger partial charge in [0.05, 0.1) is 36.6 Å². The van der Waals surface area contributed by atoms with Crippen LogP contribution < -0.4 is 0 Å². The molecular formula is C39H65NO7. The van der Waals surface area contributed by atoms with Gasteiger partial charge in [-0.25, -0.2) is 0 Å². The van der Waals surface area contributed by atoms with Gasteiger partial charge in [0.1, 0.15) is 6.10 Å². The normalized spacial score (nSPS) is 53.6. The molecule has 4 unspecified atom stereocenters. The standard InChI is InChI=1S/C39H65NO7/c1-23-20-25(32(41)35(4,5)43)46-31-30(23)36(6)14-15-39-22-38(39)13-10-28(34(2,3)26(38)8-9-27(39)37(36,7)33(31)42)47-29-21-40(16-19-45-29)24-11-17-44-18-12-24/h23-33,41-43H,8-22H2,1-7H3/t23-,25?,26+,27?,28?,29+,30+,31?,32+,33+,36-,37-,38-,39+/m1/s1. The maximum absolute atomic E-state index is 12.5. The molecular weight excluding hydrogens is 594 g/mol. The van der Waals surface area contributed by atoms with E-state index in [1.54, 1.807) is 13.8 Å². The number of rotatable bonds is 5. The fourth-order valence-electron chi connectivity index (χ4n) is 14.5. The third-order valence-electron chi connectivity index (χ3n) is 16.9. The molecule has 0 bridgehead atoms. The van der Waals surface area contributed by atoms with Gasteiger partial charge in [0.2, 0.25) is 0 Å². The molecule has 0 amide bonds. The molecule has 0 radical (unpaired) electrons. The zero-order chi connectivity index (χ0) is 33.4. The highest BCUT2D eigenvalue weighted by Gasteiger charge is 2.84. The van der Waals surface area contributed by atoms with E-state index in [1.807, 2.05) is 0 Å². The second kappa shape index (κ2) is 11.1. The van der Waals surface area contributed by atoms with Crippen LogP contribution >= 0.6 is 0 Å². The minimum Gasteiger partial charge on any atom is -0.390 e. The average molecular weight is 660 g/mol. The second-order valence-corrected chi connectivity index (χ2v) is 19.4. The molecule has 3 heterocycles. The van der Waals surface area contributed by atoms with Gasteiger partial charge in [-0.2, -0.15) is 0 Å². The smallest absolute Gasteiger partial charge is 0.170 e. The van der Waals surface area contributed by atoms with Crippen LogP contribution in [0.25, 0.3) is 0 Å². The molecule has 0 aromatic rings. The number of hydrogen-bond donors (Lipinski definition) is 3. The molecule has 268 valence electrons. The minimum absolute atomic E-state index is 0.0157. The molecule has 14 atom stereocenters. The zero-order valence-electron chi connectivity index (χ0n) is 30.4. The summed E-state index contributed by atoms with van der Waals surface area (Å²) in [5.74, 6) is 1.67. The van der Waals surface area contributed by atoms with Gasteiger partial charge in [-0.05, 0) is 123 Å². The third-order valence-corrected chi connectivity index (χ3v) is 16.9. The Hall–Kier alpha value is -0.320. The number of nitrogens with zero attached hydrogens (tertiary/aromatic N) is 1. The van der Waals surface area contributed by atoms with E-state index < -0.39 is 23.9 Å². The average Bonchev–Trinajstić information content (AvgIpc) is 3.67. The van der Waals surface area contributed by atoms with Crippen molar-refractivity contribution in [2.75, 3.05) is 32.9 Å². The fourth-order valence-corrected chi connectivity index (χ4v) is 14.5. The maximum atomic E-state index is 12.5. The first-order valence-electron chi connectivity index (χ1n) is 19.4. The molecule has 0 aromatic heterocycles. The monoisotopic (exact) mass is 659 g/mol. The lowest BCUT2D eigenvalue weighted by Gasteiger charge is -2.64. The van der Waals surface area contributed by atoms with E-state index >= 15 is 0 Å². The zero-order valence-corrected chi connectivity index (χ0v) is 30.4. The Labute approximate surface area is 283 Å². The van der Waals surface area contributed by atoms with E-state index in [0.29, 0.717) is 29.2 Å².